The van der Waals surface area contributed by atoms with E-state index >= 15 is 0 Å². The van der Waals surface area contributed by atoms with Crippen LogP contribution >= 0.6 is 31.9 Å². The van der Waals surface area contributed by atoms with Crippen molar-refractivity contribution in [3.63, 3.8) is 0 Å². The van der Waals surface area contributed by atoms with Crippen molar-refractivity contribution in [3.05, 3.63) is 14.8 Å². The van der Waals surface area contributed by atoms with Gasteiger partial charge in [0, 0.05) is 14.1 Å². The number of rotatable bonds is 3. The number of carbonyl (C=O) groups excluding carboxylic acids is 1. The lowest BCUT2D eigenvalue weighted by Crippen LogP contribution is -2.30. The molecule has 0 aliphatic rings. The number of hydrogen-bond acceptors (Lipinski definition) is 2. The van der Waals surface area contributed by atoms with E-state index in [-0.39, 0.29) is 11.9 Å². The standard InChI is InChI=1S/C10H15Br2N3O/c1-5-7-8(11)9(12)15(13-7)6(2)10(16)14(3)4/h6H,5H2,1-4H3. The molecule has 0 spiro atoms. The third-order valence-electron chi connectivity index (χ3n) is 2.36. The summed E-state index contributed by atoms with van der Waals surface area (Å²) < 4.78 is 3.44. The van der Waals surface area contributed by atoms with Crippen LogP contribution in [0, 0.1) is 0 Å². The monoisotopic (exact) mass is 351 g/mol. The molecule has 1 heterocycles. The van der Waals surface area contributed by atoms with Crippen LogP contribution in [0.25, 0.3) is 0 Å². The number of nitrogens with zero attached hydrogens (tertiary/aromatic N) is 3. The first-order chi connectivity index (χ1) is 7.40. The van der Waals surface area contributed by atoms with Crippen LogP contribution in [0.15, 0.2) is 9.08 Å². The molecular weight excluding hydrogens is 338 g/mol. The van der Waals surface area contributed by atoms with E-state index < -0.39 is 0 Å². The molecule has 1 aromatic heterocycles. The van der Waals surface area contributed by atoms with Gasteiger partial charge in [-0.25, -0.2) is 4.68 Å². The molecule has 1 aromatic rings. The zero-order valence-electron chi connectivity index (χ0n) is 9.79. The van der Waals surface area contributed by atoms with Gasteiger partial charge in [0.2, 0.25) is 5.91 Å². The predicted molar refractivity (Wildman–Crippen MR) is 70.4 cm³/mol. The highest BCUT2D eigenvalue weighted by molar-refractivity contribution is 9.13. The number of aryl methyl sites for hydroxylation is 1. The quantitative estimate of drug-likeness (QED) is 0.838. The Bertz CT molecular complexity index is 401. The summed E-state index contributed by atoms with van der Waals surface area (Å²) in [6.45, 7) is 3.87. The summed E-state index contributed by atoms with van der Waals surface area (Å²) in [6, 6.07) is -0.305. The van der Waals surface area contributed by atoms with Crippen molar-refractivity contribution < 1.29 is 4.79 Å². The molecule has 1 rings (SSSR count). The number of amides is 1. The normalized spacial score (nSPS) is 12.6. The Hall–Kier alpha value is -0.360. The van der Waals surface area contributed by atoms with Crippen molar-refractivity contribution >= 4 is 37.8 Å². The first-order valence-electron chi connectivity index (χ1n) is 5.03. The van der Waals surface area contributed by atoms with Crippen LogP contribution in [0.5, 0.6) is 0 Å². The van der Waals surface area contributed by atoms with E-state index in [1.54, 1.807) is 23.7 Å². The maximum atomic E-state index is 11.8. The van der Waals surface area contributed by atoms with Crippen LogP contribution in [-0.2, 0) is 11.2 Å². The van der Waals surface area contributed by atoms with Gasteiger partial charge in [0.25, 0.3) is 0 Å². The summed E-state index contributed by atoms with van der Waals surface area (Å²) in [4.78, 5) is 13.4. The van der Waals surface area contributed by atoms with E-state index in [2.05, 4.69) is 37.0 Å². The average Bonchev–Trinajstić information content (AvgIpc) is 2.54. The fourth-order valence-corrected chi connectivity index (χ4v) is 2.55. The minimum absolute atomic E-state index is 0.0263. The number of carbonyl (C=O) groups is 1. The highest BCUT2D eigenvalue weighted by Crippen LogP contribution is 2.29. The third kappa shape index (κ3) is 2.48. The van der Waals surface area contributed by atoms with Gasteiger partial charge in [0.1, 0.15) is 10.6 Å². The number of likely N-dealkylation sites (N-methyl/N-ethyl adjacent to an activating group) is 1. The van der Waals surface area contributed by atoms with Gasteiger partial charge in [-0.15, -0.1) is 0 Å². The first kappa shape index (κ1) is 13.7. The Morgan fingerprint density at radius 3 is 2.44 bits per heavy atom. The highest BCUT2D eigenvalue weighted by atomic mass is 79.9. The van der Waals surface area contributed by atoms with Gasteiger partial charge in [-0.3, -0.25) is 4.79 Å². The van der Waals surface area contributed by atoms with E-state index in [0.717, 1.165) is 21.2 Å². The Morgan fingerprint density at radius 1 is 1.50 bits per heavy atom. The van der Waals surface area contributed by atoms with E-state index in [1.807, 2.05) is 13.8 Å². The second-order valence-corrected chi connectivity index (χ2v) is 5.30. The highest BCUT2D eigenvalue weighted by Gasteiger charge is 2.22. The average molecular weight is 353 g/mol. The topological polar surface area (TPSA) is 38.1 Å². The molecule has 0 fully saturated rings. The molecule has 16 heavy (non-hydrogen) atoms. The molecule has 0 aliphatic carbocycles. The van der Waals surface area contributed by atoms with Gasteiger partial charge in [-0.1, -0.05) is 6.92 Å². The second kappa shape index (κ2) is 5.31. The van der Waals surface area contributed by atoms with E-state index in [0.29, 0.717) is 0 Å². The van der Waals surface area contributed by atoms with Crippen LogP contribution < -0.4 is 0 Å². The lowest BCUT2D eigenvalue weighted by molar-refractivity contribution is -0.132. The van der Waals surface area contributed by atoms with Crippen molar-refractivity contribution in [2.45, 2.75) is 26.3 Å². The Labute approximate surface area is 112 Å². The maximum absolute atomic E-state index is 11.8. The molecule has 0 saturated heterocycles. The van der Waals surface area contributed by atoms with Gasteiger partial charge < -0.3 is 4.90 Å². The molecule has 90 valence electrons. The molecule has 0 N–H and O–H groups in total. The molecule has 6 heteroatoms. The minimum atomic E-state index is -0.305. The Kier molecular flexibility index (Phi) is 4.55. The third-order valence-corrected chi connectivity index (χ3v) is 4.49. The van der Waals surface area contributed by atoms with Crippen molar-refractivity contribution in [1.29, 1.82) is 0 Å². The zero-order chi connectivity index (χ0) is 12.5. The molecule has 1 atom stereocenters. The lowest BCUT2D eigenvalue weighted by atomic mass is 10.3. The number of aromatic nitrogens is 2. The molecule has 4 nitrogen and oxygen atoms in total. The fraction of sp³-hybridized carbons (Fsp3) is 0.600. The summed E-state index contributed by atoms with van der Waals surface area (Å²) in [6.07, 6.45) is 0.828. The summed E-state index contributed by atoms with van der Waals surface area (Å²) in [5, 5.41) is 4.41. The SMILES string of the molecule is CCc1nn(C(C)C(=O)N(C)C)c(Br)c1Br. The molecule has 0 radical (unpaired) electrons. The smallest absolute Gasteiger partial charge is 0.246 e. The molecule has 0 aromatic carbocycles. The van der Waals surface area contributed by atoms with Gasteiger partial charge in [0.05, 0.1) is 10.2 Å². The maximum Gasteiger partial charge on any atom is 0.246 e. The van der Waals surface area contributed by atoms with E-state index in [9.17, 15) is 4.79 Å². The summed E-state index contributed by atoms with van der Waals surface area (Å²) in [5.41, 5.74) is 0.949. The van der Waals surface area contributed by atoms with Crippen molar-refractivity contribution in [2.24, 2.45) is 0 Å². The minimum Gasteiger partial charge on any atom is -0.347 e. The van der Waals surface area contributed by atoms with Crippen LogP contribution in [-0.4, -0.2) is 34.7 Å². The number of halogens is 2. The van der Waals surface area contributed by atoms with Gasteiger partial charge in [-0.2, -0.15) is 5.10 Å². The van der Waals surface area contributed by atoms with Crippen molar-refractivity contribution in [3.8, 4) is 0 Å². The summed E-state index contributed by atoms with van der Waals surface area (Å²) in [5.74, 6) is 0.0263. The van der Waals surface area contributed by atoms with Crippen LogP contribution in [0.3, 0.4) is 0 Å². The van der Waals surface area contributed by atoms with Crippen LogP contribution in [0.2, 0.25) is 0 Å². The van der Waals surface area contributed by atoms with Gasteiger partial charge in [-0.05, 0) is 45.2 Å². The van der Waals surface area contributed by atoms with Gasteiger partial charge >= 0.3 is 0 Å². The van der Waals surface area contributed by atoms with Crippen LogP contribution in [0.4, 0.5) is 0 Å². The van der Waals surface area contributed by atoms with E-state index in [1.165, 1.54) is 0 Å². The lowest BCUT2D eigenvalue weighted by Gasteiger charge is -2.17. The summed E-state index contributed by atoms with van der Waals surface area (Å²) >= 11 is 6.90. The van der Waals surface area contributed by atoms with Crippen molar-refractivity contribution in [1.82, 2.24) is 14.7 Å². The molecule has 0 bridgehead atoms. The fourth-order valence-electron chi connectivity index (χ4n) is 1.40. The Morgan fingerprint density at radius 2 is 2.06 bits per heavy atom. The van der Waals surface area contributed by atoms with Gasteiger partial charge in [0.15, 0.2) is 0 Å². The Balaban J connectivity index is 3.09. The zero-order valence-corrected chi connectivity index (χ0v) is 13.0. The molecule has 1 amide bonds. The summed E-state index contributed by atoms with van der Waals surface area (Å²) in [7, 11) is 3.48. The second-order valence-electron chi connectivity index (χ2n) is 3.76. The van der Waals surface area contributed by atoms with Crippen molar-refractivity contribution in [2.75, 3.05) is 14.1 Å². The molecular formula is C10H15Br2N3O. The number of hydrogen-bond donors (Lipinski definition) is 0. The van der Waals surface area contributed by atoms with Crippen LogP contribution in [0.1, 0.15) is 25.6 Å². The van der Waals surface area contributed by atoms with E-state index in [4.69, 9.17) is 0 Å². The largest absolute Gasteiger partial charge is 0.347 e. The first-order valence-corrected chi connectivity index (χ1v) is 6.62. The molecule has 0 aliphatic heterocycles. The molecule has 0 saturated carbocycles. The molecule has 1 unspecified atom stereocenters. The predicted octanol–water partition coefficient (Wildman–Crippen LogP) is 2.62.